The van der Waals surface area contributed by atoms with E-state index < -0.39 is 28.0 Å². The van der Waals surface area contributed by atoms with Gasteiger partial charge in [0, 0.05) is 12.3 Å². The first-order valence-corrected chi connectivity index (χ1v) is 6.12. The van der Waals surface area contributed by atoms with E-state index in [-0.39, 0.29) is 5.88 Å². The van der Waals surface area contributed by atoms with Crippen molar-refractivity contribution in [3.05, 3.63) is 56.2 Å². The van der Waals surface area contributed by atoms with Gasteiger partial charge >= 0.3 is 5.69 Å². The Morgan fingerprint density at radius 2 is 2.05 bits per heavy atom. The third-order valence-electron chi connectivity index (χ3n) is 2.45. The maximum Gasteiger partial charge on any atom is 0.307 e. The van der Waals surface area contributed by atoms with Crippen LogP contribution in [0.3, 0.4) is 0 Å². The van der Waals surface area contributed by atoms with E-state index in [9.17, 15) is 18.9 Å². The van der Waals surface area contributed by atoms with Crippen LogP contribution in [0.2, 0.25) is 0 Å². The fourth-order valence-electron chi connectivity index (χ4n) is 1.43. The molecule has 0 atom stereocenters. The summed E-state index contributed by atoms with van der Waals surface area (Å²) in [6.07, 6.45) is 1.44. The number of aromatic nitrogens is 1. The van der Waals surface area contributed by atoms with E-state index in [4.69, 9.17) is 4.74 Å². The molecule has 1 aromatic heterocycles. The summed E-state index contributed by atoms with van der Waals surface area (Å²) in [5.74, 6) is -2.67. The van der Waals surface area contributed by atoms with E-state index in [1.54, 1.807) is 13.0 Å². The molecule has 5 nitrogen and oxygen atoms in total. The van der Waals surface area contributed by atoms with Gasteiger partial charge in [-0.1, -0.05) is 0 Å². The summed E-state index contributed by atoms with van der Waals surface area (Å²) < 4.78 is 32.7. The van der Waals surface area contributed by atoms with E-state index in [2.05, 4.69) is 20.9 Å². The van der Waals surface area contributed by atoms with Crippen molar-refractivity contribution in [1.29, 1.82) is 0 Å². The molecule has 0 aliphatic carbocycles. The minimum absolute atomic E-state index is 0.0390. The second-order valence-electron chi connectivity index (χ2n) is 3.84. The first-order valence-electron chi connectivity index (χ1n) is 5.32. The first-order chi connectivity index (χ1) is 9.40. The molecule has 0 amide bonds. The Kier molecular flexibility index (Phi) is 3.93. The van der Waals surface area contributed by atoms with Crippen LogP contribution in [0.15, 0.2) is 28.9 Å². The van der Waals surface area contributed by atoms with Gasteiger partial charge in [0.15, 0.2) is 11.6 Å². The molecule has 0 saturated heterocycles. The summed E-state index contributed by atoms with van der Waals surface area (Å²) in [5.41, 5.74) is -0.163. The zero-order valence-corrected chi connectivity index (χ0v) is 11.6. The van der Waals surface area contributed by atoms with Crippen LogP contribution >= 0.6 is 15.9 Å². The van der Waals surface area contributed by atoms with Crippen LogP contribution in [0.25, 0.3) is 0 Å². The van der Waals surface area contributed by atoms with Gasteiger partial charge in [0.25, 0.3) is 0 Å². The summed E-state index contributed by atoms with van der Waals surface area (Å²) in [5, 5.41) is 10.5. The number of aryl methyl sites for hydroxylation is 1. The molecule has 0 aliphatic rings. The molecule has 0 spiro atoms. The van der Waals surface area contributed by atoms with Crippen LogP contribution in [-0.4, -0.2) is 9.91 Å². The second-order valence-corrected chi connectivity index (χ2v) is 4.63. The van der Waals surface area contributed by atoms with Gasteiger partial charge in [-0.05, 0) is 34.5 Å². The van der Waals surface area contributed by atoms with E-state index >= 15 is 0 Å². The van der Waals surface area contributed by atoms with E-state index in [1.165, 1.54) is 6.20 Å². The van der Waals surface area contributed by atoms with Crippen molar-refractivity contribution >= 4 is 21.6 Å². The molecule has 0 radical (unpaired) electrons. The van der Waals surface area contributed by atoms with Gasteiger partial charge in [0.05, 0.1) is 15.5 Å². The monoisotopic (exact) mass is 344 g/mol. The Morgan fingerprint density at radius 1 is 1.35 bits per heavy atom. The number of pyridine rings is 1. The van der Waals surface area contributed by atoms with Gasteiger partial charge in [0.1, 0.15) is 0 Å². The van der Waals surface area contributed by atoms with Gasteiger partial charge in [0.2, 0.25) is 11.7 Å². The molecule has 8 heteroatoms. The van der Waals surface area contributed by atoms with Crippen molar-refractivity contribution in [3.8, 4) is 11.6 Å². The average Bonchev–Trinajstić information content (AvgIpc) is 2.38. The Hall–Kier alpha value is -2.09. The lowest BCUT2D eigenvalue weighted by atomic mass is 10.2. The molecule has 0 aliphatic heterocycles. The highest BCUT2D eigenvalue weighted by Gasteiger charge is 2.20. The third kappa shape index (κ3) is 2.74. The molecule has 0 fully saturated rings. The number of benzene rings is 1. The number of rotatable bonds is 3. The molecular weight excluding hydrogens is 338 g/mol. The van der Waals surface area contributed by atoms with Crippen LogP contribution in [0.1, 0.15) is 5.56 Å². The van der Waals surface area contributed by atoms with Gasteiger partial charge in [-0.15, -0.1) is 0 Å². The molecule has 2 aromatic rings. The summed E-state index contributed by atoms with van der Waals surface area (Å²) in [6, 6.07) is 2.78. The molecule has 0 saturated carbocycles. The normalized spacial score (nSPS) is 10.4. The first kappa shape index (κ1) is 14.3. The lowest BCUT2D eigenvalue weighted by molar-refractivity contribution is -0.387. The van der Waals surface area contributed by atoms with Gasteiger partial charge in [-0.25, -0.2) is 9.37 Å². The molecule has 0 bridgehead atoms. The number of hydrogen-bond acceptors (Lipinski definition) is 4. The minimum Gasteiger partial charge on any atom is -0.435 e. The summed E-state index contributed by atoms with van der Waals surface area (Å²) in [6.45, 7) is 1.77. The smallest absolute Gasteiger partial charge is 0.307 e. The van der Waals surface area contributed by atoms with Crippen molar-refractivity contribution in [2.75, 3.05) is 0 Å². The van der Waals surface area contributed by atoms with E-state index in [0.29, 0.717) is 16.6 Å². The predicted octanol–water partition coefficient (Wildman–Crippen LogP) is 4.13. The fraction of sp³-hybridized carbons (Fsp3) is 0.0833. The fourth-order valence-corrected chi connectivity index (χ4v) is 1.74. The summed E-state index contributed by atoms with van der Waals surface area (Å²) in [7, 11) is 0. The molecule has 20 heavy (non-hydrogen) atoms. The van der Waals surface area contributed by atoms with Gasteiger partial charge in [-0.2, -0.15) is 4.39 Å². The maximum absolute atomic E-state index is 13.7. The lowest BCUT2D eigenvalue weighted by Gasteiger charge is -2.09. The van der Waals surface area contributed by atoms with Gasteiger partial charge < -0.3 is 4.74 Å². The van der Waals surface area contributed by atoms with Crippen molar-refractivity contribution in [3.63, 3.8) is 0 Å². The summed E-state index contributed by atoms with van der Waals surface area (Å²) in [4.78, 5) is 13.3. The molecule has 0 N–H and O–H groups in total. The molecule has 0 unspecified atom stereocenters. The Morgan fingerprint density at radius 3 is 2.70 bits per heavy atom. The third-order valence-corrected chi connectivity index (χ3v) is 3.42. The molecule has 2 rings (SSSR count). The van der Waals surface area contributed by atoms with E-state index in [0.717, 1.165) is 5.56 Å². The number of hydrogen-bond donors (Lipinski definition) is 0. The zero-order valence-electron chi connectivity index (χ0n) is 10.1. The minimum atomic E-state index is -1.19. The van der Waals surface area contributed by atoms with Crippen LogP contribution < -0.4 is 4.74 Å². The molecular formula is C12H7BrF2N2O3. The number of ether oxygens (including phenoxy) is 1. The summed E-state index contributed by atoms with van der Waals surface area (Å²) >= 11 is 3.21. The molecule has 1 heterocycles. The standard InChI is InChI=1S/C12H7BrF2N2O3/c1-6-2-3-16-12(11(6)13)20-10-5-7(14)9(17(18)19)4-8(10)15/h2-5H,1H3. The number of nitro benzene ring substituents is 1. The Bertz CT molecular complexity index is 695. The Balaban J connectivity index is 2.42. The number of halogens is 3. The average molecular weight is 345 g/mol. The van der Waals surface area contributed by atoms with Gasteiger partial charge in [-0.3, -0.25) is 10.1 Å². The largest absolute Gasteiger partial charge is 0.435 e. The van der Waals surface area contributed by atoms with Crippen LogP contribution in [0, 0.1) is 28.7 Å². The zero-order chi connectivity index (χ0) is 14.9. The van der Waals surface area contributed by atoms with Crippen molar-refractivity contribution in [2.24, 2.45) is 0 Å². The van der Waals surface area contributed by atoms with E-state index in [1.807, 2.05) is 0 Å². The SMILES string of the molecule is Cc1ccnc(Oc2cc(F)c([N+](=O)[O-])cc2F)c1Br. The maximum atomic E-state index is 13.7. The highest BCUT2D eigenvalue weighted by atomic mass is 79.9. The Labute approximate surface area is 120 Å². The second kappa shape index (κ2) is 5.49. The quantitative estimate of drug-likeness (QED) is 0.620. The lowest BCUT2D eigenvalue weighted by Crippen LogP contribution is -1.98. The topological polar surface area (TPSA) is 65.3 Å². The molecule has 104 valence electrons. The predicted molar refractivity (Wildman–Crippen MR) is 69.8 cm³/mol. The highest BCUT2D eigenvalue weighted by Crippen LogP contribution is 2.33. The number of nitrogens with zero attached hydrogens (tertiary/aromatic N) is 2. The van der Waals surface area contributed by atoms with Crippen LogP contribution in [-0.2, 0) is 0 Å². The van der Waals surface area contributed by atoms with Crippen molar-refractivity contribution in [1.82, 2.24) is 4.98 Å². The van der Waals surface area contributed by atoms with Crippen molar-refractivity contribution < 1.29 is 18.4 Å². The highest BCUT2D eigenvalue weighted by molar-refractivity contribution is 9.10. The molecule has 1 aromatic carbocycles. The van der Waals surface area contributed by atoms with Crippen LogP contribution in [0.5, 0.6) is 11.6 Å². The van der Waals surface area contributed by atoms with Crippen molar-refractivity contribution in [2.45, 2.75) is 6.92 Å². The number of nitro groups is 1. The van der Waals surface area contributed by atoms with Crippen LogP contribution in [0.4, 0.5) is 14.5 Å².